The Labute approximate surface area is 130 Å². The van der Waals surface area contributed by atoms with Crippen LogP contribution in [-0.2, 0) is 10.0 Å². The predicted octanol–water partition coefficient (Wildman–Crippen LogP) is -0.374. The van der Waals surface area contributed by atoms with Gasteiger partial charge in [-0.3, -0.25) is 4.90 Å². The quantitative estimate of drug-likeness (QED) is 0.776. The maximum Gasteiger partial charge on any atom is 0.243 e. The normalized spacial score (nSPS) is 42.0. The predicted molar refractivity (Wildman–Crippen MR) is 79.6 cm³/mol. The standard InChI is InChI=1S/C15H20N2O4S/c1-16-10-7-12-15(19)11(16)8-13(14(10)18)17(12)22(20,21)9-5-3-2-4-6-9/h2-6,10-15,18-19H,7-8H2,1H3/t10-,11-,12-,13-,14+,15+/m1/s1. The molecule has 4 aliphatic heterocycles. The van der Waals surface area contributed by atoms with Gasteiger partial charge in [0, 0.05) is 12.1 Å². The lowest BCUT2D eigenvalue weighted by Crippen LogP contribution is -2.79. The van der Waals surface area contributed by atoms with Crippen molar-refractivity contribution in [1.82, 2.24) is 9.21 Å². The number of piperidine rings is 4. The number of nitrogens with zero attached hydrogens (tertiary/aromatic N) is 2. The van der Waals surface area contributed by atoms with Crippen molar-refractivity contribution in [1.29, 1.82) is 0 Å². The highest BCUT2D eigenvalue weighted by atomic mass is 32.2. The molecule has 0 saturated carbocycles. The summed E-state index contributed by atoms with van der Waals surface area (Å²) in [6, 6.07) is 7.23. The number of hydrogen-bond donors (Lipinski definition) is 2. The summed E-state index contributed by atoms with van der Waals surface area (Å²) in [6.07, 6.45) is -0.470. The summed E-state index contributed by atoms with van der Waals surface area (Å²) in [6.45, 7) is 0. The summed E-state index contributed by atoms with van der Waals surface area (Å²) in [7, 11) is -1.81. The second kappa shape index (κ2) is 4.75. The molecule has 5 rings (SSSR count). The van der Waals surface area contributed by atoms with Crippen molar-refractivity contribution in [3.63, 3.8) is 0 Å². The third kappa shape index (κ3) is 1.77. The summed E-state index contributed by atoms with van der Waals surface area (Å²) in [5, 5.41) is 21.1. The van der Waals surface area contributed by atoms with Gasteiger partial charge in [0.1, 0.15) is 0 Å². The molecule has 120 valence electrons. The number of aliphatic hydroxyl groups excluding tert-OH is 2. The first-order chi connectivity index (χ1) is 10.4. The van der Waals surface area contributed by atoms with E-state index in [0.29, 0.717) is 12.8 Å². The number of aliphatic hydroxyl groups is 2. The van der Waals surface area contributed by atoms with Crippen LogP contribution in [0.25, 0.3) is 0 Å². The van der Waals surface area contributed by atoms with Crippen molar-refractivity contribution in [2.45, 2.75) is 54.1 Å². The molecule has 0 aliphatic carbocycles. The SMILES string of the molecule is CN1[C@@H]2C[C@@H]3[C@@H](O)[C@H]1C[C@H]([C@H]2O)N3S(=O)(=O)c1ccccc1. The fraction of sp³-hybridized carbons (Fsp3) is 0.600. The molecule has 4 aliphatic rings. The van der Waals surface area contributed by atoms with Crippen molar-refractivity contribution in [3.05, 3.63) is 30.3 Å². The number of benzene rings is 1. The average Bonchev–Trinajstić information content (AvgIpc) is 2.50. The van der Waals surface area contributed by atoms with Crippen molar-refractivity contribution >= 4 is 10.0 Å². The molecule has 0 aromatic heterocycles. The molecule has 7 heteroatoms. The van der Waals surface area contributed by atoms with Crippen LogP contribution in [0.4, 0.5) is 0 Å². The average molecular weight is 324 g/mol. The number of sulfonamides is 1. The van der Waals surface area contributed by atoms with Crippen LogP contribution in [0.1, 0.15) is 12.8 Å². The van der Waals surface area contributed by atoms with Crippen molar-refractivity contribution in [2.75, 3.05) is 7.05 Å². The van der Waals surface area contributed by atoms with Crippen molar-refractivity contribution < 1.29 is 18.6 Å². The van der Waals surface area contributed by atoms with E-state index < -0.39 is 34.3 Å². The summed E-state index contributed by atoms with van der Waals surface area (Å²) in [4.78, 5) is 2.23. The van der Waals surface area contributed by atoms with Gasteiger partial charge in [-0.25, -0.2) is 8.42 Å². The summed E-state index contributed by atoms with van der Waals surface area (Å²) < 4.78 is 27.3. The monoisotopic (exact) mass is 324 g/mol. The van der Waals surface area contributed by atoms with Gasteiger partial charge in [-0.2, -0.15) is 4.31 Å². The molecule has 6 nitrogen and oxygen atoms in total. The molecule has 0 radical (unpaired) electrons. The van der Waals surface area contributed by atoms with E-state index in [1.54, 1.807) is 30.3 Å². The van der Waals surface area contributed by atoms with Crippen molar-refractivity contribution in [3.8, 4) is 0 Å². The maximum absolute atomic E-state index is 13.0. The summed E-state index contributed by atoms with van der Waals surface area (Å²) >= 11 is 0. The Hall–Kier alpha value is -0.990. The molecule has 2 N–H and O–H groups in total. The zero-order valence-corrected chi connectivity index (χ0v) is 13.1. The topological polar surface area (TPSA) is 81.1 Å². The molecule has 6 atom stereocenters. The fourth-order valence-electron chi connectivity index (χ4n) is 4.45. The molecule has 4 heterocycles. The second-order valence-electron chi connectivity index (χ2n) is 6.54. The van der Waals surface area contributed by atoms with E-state index in [2.05, 4.69) is 0 Å². The van der Waals surface area contributed by atoms with Gasteiger partial charge in [-0.15, -0.1) is 0 Å². The van der Waals surface area contributed by atoms with Gasteiger partial charge < -0.3 is 10.2 Å². The number of rotatable bonds is 2. The minimum atomic E-state index is -3.71. The van der Waals surface area contributed by atoms with E-state index in [-0.39, 0.29) is 17.0 Å². The van der Waals surface area contributed by atoms with Gasteiger partial charge in [-0.1, -0.05) is 18.2 Å². The Kier molecular flexibility index (Phi) is 3.15. The van der Waals surface area contributed by atoms with Gasteiger partial charge in [0.15, 0.2) is 0 Å². The Bertz CT molecular complexity index is 656. The van der Waals surface area contributed by atoms with Crippen LogP contribution in [0.3, 0.4) is 0 Å². The van der Waals surface area contributed by atoms with Gasteiger partial charge in [0.05, 0.1) is 29.2 Å². The van der Waals surface area contributed by atoms with Crippen molar-refractivity contribution in [2.24, 2.45) is 0 Å². The van der Waals surface area contributed by atoms with E-state index in [0.717, 1.165) is 0 Å². The minimum Gasteiger partial charge on any atom is -0.390 e. The lowest BCUT2D eigenvalue weighted by Gasteiger charge is -2.63. The molecule has 0 spiro atoms. The summed E-state index contributed by atoms with van der Waals surface area (Å²) in [5.41, 5.74) is 0. The number of hydrogen-bond acceptors (Lipinski definition) is 5. The van der Waals surface area contributed by atoms with Gasteiger partial charge in [0.2, 0.25) is 10.0 Å². The lowest BCUT2D eigenvalue weighted by molar-refractivity contribution is -0.184. The molecule has 0 unspecified atom stereocenters. The van der Waals surface area contributed by atoms with E-state index >= 15 is 0 Å². The lowest BCUT2D eigenvalue weighted by atomic mass is 9.71. The Morgan fingerprint density at radius 2 is 1.45 bits per heavy atom. The molecule has 4 saturated heterocycles. The van der Waals surface area contributed by atoms with Gasteiger partial charge in [-0.05, 0) is 32.0 Å². The third-order valence-electron chi connectivity index (χ3n) is 5.56. The molecular formula is C15H20N2O4S. The third-order valence-corrected chi connectivity index (χ3v) is 7.53. The largest absolute Gasteiger partial charge is 0.390 e. The highest BCUT2D eigenvalue weighted by molar-refractivity contribution is 7.89. The first-order valence-corrected chi connectivity index (χ1v) is 9.03. The molecule has 0 amide bonds. The maximum atomic E-state index is 13.0. The molecule has 22 heavy (non-hydrogen) atoms. The van der Waals surface area contributed by atoms with Crippen LogP contribution in [-0.4, -0.2) is 71.3 Å². The Morgan fingerprint density at radius 3 is 1.95 bits per heavy atom. The van der Waals surface area contributed by atoms with Crippen LogP contribution < -0.4 is 0 Å². The first kappa shape index (κ1) is 14.6. The molecule has 1 aromatic rings. The Balaban J connectivity index is 1.78. The molecule has 4 bridgehead atoms. The van der Waals surface area contributed by atoms with E-state index in [4.69, 9.17) is 0 Å². The zero-order valence-electron chi connectivity index (χ0n) is 12.3. The highest BCUT2D eigenvalue weighted by Crippen LogP contribution is 2.46. The zero-order chi connectivity index (χ0) is 15.6. The van der Waals surface area contributed by atoms with Crippen LogP contribution in [0.5, 0.6) is 0 Å². The van der Waals surface area contributed by atoms with Crippen LogP contribution in [0.15, 0.2) is 35.2 Å². The van der Waals surface area contributed by atoms with Crippen LogP contribution in [0, 0.1) is 0 Å². The van der Waals surface area contributed by atoms with E-state index in [9.17, 15) is 18.6 Å². The summed E-state index contributed by atoms with van der Waals surface area (Å²) in [5.74, 6) is 0. The molecule has 1 aromatic carbocycles. The smallest absolute Gasteiger partial charge is 0.243 e. The van der Waals surface area contributed by atoms with E-state index in [1.807, 2.05) is 11.9 Å². The minimum absolute atomic E-state index is 0.0700. The Morgan fingerprint density at radius 1 is 0.955 bits per heavy atom. The molecular weight excluding hydrogens is 304 g/mol. The fourth-order valence-corrected chi connectivity index (χ4v) is 6.33. The van der Waals surface area contributed by atoms with Gasteiger partial charge in [0.25, 0.3) is 0 Å². The first-order valence-electron chi connectivity index (χ1n) is 7.59. The number of likely N-dealkylation sites (N-methyl/N-ethyl adjacent to an activating group) is 1. The van der Waals surface area contributed by atoms with Crippen LogP contribution >= 0.6 is 0 Å². The van der Waals surface area contributed by atoms with Gasteiger partial charge >= 0.3 is 0 Å². The van der Waals surface area contributed by atoms with E-state index in [1.165, 1.54) is 4.31 Å². The second-order valence-corrected chi connectivity index (χ2v) is 8.38. The highest BCUT2D eigenvalue weighted by Gasteiger charge is 2.61. The van der Waals surface area contributed by atoms with Crippen LogP contribution in [0.2, 0.25) is 0 Å². The molecule has 4 fully saturated rings.